The van der Waals surface area contributed by atoms with Crippen LogP contribution in [0.25, 0.3) is 0 Å². The third-order valence-electron chi connectivity index (χ3n) is 7.08. The van der Waals surface area contributed by atoms with E-state index in [2.05, 4.69) is 14.7 Å². The van der Waals surface area contributed by atoms with Crippen molar-refractivity contribution in [2.75, 3.05) is 17.9 Å². The fourth-order valence-corrected chi connectivity index (χ4v) is 6.18. The molecular weight excluding hydrogens is 547 g/mol. The van der Waals surface area contributed by atoms with Gasteiger partial charge >= 0.3 is 6.18 Å². The molecule has 2 N–H and O–H groups in total. The van der Waals surface area contributed by atoms with Gasteiger partial charge in [0.05, 0.1) is 6.61 Å². The highest BCUT2D eigenvalue weighted by molar-refractivity contribution is 7.92. The van der Waals surface area contributed by atoms with E-state index in [0.717, 1.165) is 30.6 Å². The molecule has 0 bridgehead atoms. The van der Waals surface area contributed by atoms with Crippen LogP contribution in [0.1, 0.15) is 42.5 Å². The molecule has 1 saturated heterocycles. The number of sulfonamides is 1. The molecule has 1 fully saturated rings. The van der Waals surface area contributed by atoms with Gasteiger partial charge in [0.25, 0.3) is 10.0 Å². The number of aliphatic hydroxyl groups is 1. The summed E-state index contributed by atoms with van der Waals surface area (Å²) in [5.41, 5.74) is -2.36. The molecule has 39 heavy (non-hydrogen) atoms. The third-order valence-corrected chi connectivity index (χ3v) is 8.45. The molecular formula is C25H23F5N4O4S. The molecule has 3 atom stereocenters. The van der Waals surface area contributed by atoms with Crippen molar-refractivity contribution >= 4 is 15.8 Å². The van der Waals surface area contributed by atoms with Gasteiger partial charge < -0.3 is 9.84 Å². The molecule has 0 radical (unpaired) electrons. The molecule has 14 heteroatoms. The molecule has 2 aromatic carbocycles. The molecule has 0 aliphatic carbocycles. The SMILES string of the molecule is O=S(=O)(Nc1ccncn1)c1cc2c(cc1F)C(N1CC[C@@](O)(C(F)(F)F)C[C@H]1c1ccc(F)cc1)CCO2. The zero-order valence-corrected chi connectivity index (χ0v) is 21.0. The van der Waals surface area contributed by atoms with E-state index < -0.39 is 63.3 Å². The largest absolute Gasteiger partial charge is 0.493 e. The molecule has 1 aromatic heterocycles. The highest BCUT2D eigenvalue weighted by Gasteiger charge is 2.57. The lowest BCUT2D eigenvalue weighted by Crippen LogP contribution is -2.55. The average Bonchev–Trinajstić information content (AvgIpc) is 2.88. The van der Waals surface area contributed by atoms with Crippen LogP contribution in [0.4, 0.5) is 27.8 Å². The van der Waals surface area contributed by atoms with Crippen LogP contribution in [0.5, 0.6) is 5.75 Å². The summed E-state index contributed by atoms with van der Waals surface area (Å²) in [7, 11) is -4.41. The zero-order chi connectivity index (χ0) is 28.0. The van der Waals surface area contributed by atoms with Crippen LogP contribution in [-0.4, -0.2) is 53.3 Å². The van der Waals surface area contributed by atoms with Crippen LogP contribution in [-0.2, 0) is 10.0 Å². The highest BCUT2D eigenvalue weighted by atomic mass is 32.2. The Morgan fingerprint density at radius 2 is 1.85 bits per heavy atom. The minimum Gasteiger partial charge on any atom is -0.493 e. The van der Waals surface area contributed by atoms with Crippen LogP contribution in [0, 0.1) is 11.6 Å². The number of aromatic nitrogens is 2. The van der Waals surface area contributed by atoms with E-state index >= 15 is 4.39 Å². The lowest BCUT2D eigenvalue weighted by molar-refractivity contribution is -0.280. The van der Waals surface area contributed by atoms with Crippen LogP contribution in [0.3, 0.4) is 0 Å². The van der Waals surface area contributed by atoms with Crippen molar-refractivity contribution in [3.63, 3.8) is 0 Å². The number of halogens is 5. The number of hydrogen-bond donors (Lipinski definition) is 2. The molecule has 208 valence electrons. The maximum Gasteiger partial charge on any atom is 0.417 e. The summed E-state index contributed by atoms with van der Waals surface area (Å²) >= 11 is 0. The van der Waals surface area contributed by atoms with Gasteiger partial charge in [-0.15, -0.1) is 0 Å². The minimum absolute atomic E-state index is 0.0604. The van der Waals surface area contributed by atoms with Crippen molar-refractivity contribution in [2.24, 2.45) is 0 Å². The van der Waals surface area contributed by atoms with E-state index in [0.29, 0.717) is 5.56 Å². The first-order valence-corrected chi connectivity index (χ1v) is 13.4. The Hall–Kier alpha value is -3.36. The van der Waals surface area contributed by atoms with Gasteiger partial charge in [-0.25, -0.2) is 27.2 Å². The van der Waals surface area contributed by atoms with E-state index in [1.54, 1.807) is 4.90 Å². The number of likely N-dealkylation sites (tertiary alicyclic amines) is 1. The number of anilines is 1. The van der Waals surface area contributed by atoms with Crippen molar-refractivity contribution in [2.45, 2.75) is 48.0 Å². The lowest BCUT2D eigenvalue weighted by atomic mass is 9.81. The Kier molecular flexibility index (Phi) is 6.97. The molecule has 0 spiro atoms. The van der Waals surface area contributed by atoms with Gasteiger partial charge in [-0.2, -0.15) is 13.2 Å². The summed E-state index contributed by atoms with van der Waals surface area (Å²) < 4.78 is 104. The maximum atomic E-state index is 15.3. The summed E-state index contributed by atoms with van der Waals surface area (Å²) in [6.07, 6.45) is -3.55. The van der Waals surface area contributed by atoms with E-state index in [4.69, 9.17) is 4.74 Å². The van der Waals surface area contributed by atoms with Gasteiger partial charge in [-0.05, 0) is 36.2 Å². The number of fused-ring (bicyclic) bond motifs is 1. The van der Waals surface area contributed by atoms with Crippen LogP contribution in [0.15, 0.2) is 59.9 Å². The van der Waals surface area contributed by atoms with Gasteiger partial charge in [0.15, 0.2) is 5.60 Å². The Morgan fingerprint density at radius 1 is 1.10 bits per heavy atom. The van der Waals surface area contributed by atoms with E-state index in [1.807, 2.05) is 0 Å². The van der Waals surface area contributed by atoms with Gasteiger partial charge in [0, 0.05) is 49.3 Å². The molecule has 5 rings (SSSR count). The molecule has 0 amide bonds. The zero-order valence-electron chi connectivity index (χ0n) is 20.2. The number of piperidine rings is 1. The van der Waals surface area contributed by atoms with Gasteiger partial charge in [-0.3, -0.25) is 9.62 Å². The number of nitrogens with zero attached hydrogens (tertiary/aromatic N) is 3. The van der Waals surface area contributed by atoms with Crippen molar-refractivity contribution in [1.29, 1.82) is 0 Å². The number of alkyl halides is 3. The second-order valence-electron chi connectivity index (χ2n) is 9.46. The summed E-state index contributed by atoms with van der Waals surface area (Å²) in [5.74, 6) is -1.68. The normalized spacial score (nSPS) is 24.1. The fourth-order valence-electron chi connectivity index (χ4n) is 5.10. The van der Waals surface area contributed by atoms with Crippen LogP contribution < -0.4 is 9.46 Å². The Labute approximate surface area is 220 Å². The first kappa shape index (κ1) is 27.2. The fraction of sp³-hybridized carbons (Fsp3) is 0.360. The molecule has 3 heterocycles. The summed E-state index contributed by atoms with van der Waals surface area (Å²) in [6.45, 7) is -0.128. The van der Waals surface area contributed by atoms with Crippen molar-refractivity contribution < 1.29 is 40.2 Å². The molecule has 2 aliphatic rings. The first-order valence-electron chi connectivity index (χ1n) is 11.9. The first-order chi connectivity index (χ1) is 18.4. The Balaban J connectivity index is 1.51. The van der Waals surface area contributed by atoms with E-state index in [9.17, 15) is 31.1 Å². The van der Waals surface area contributed by atoms with E-state index in [-0.39, 0.29) is 36.7 Å². The number of hydrogen-bond acceptors (Lipinski definition) is 7. The second-order valence-corrected chi connectivity index (χ2v) is 11.1. The summed E-state index contributed by atoms with van der Waals surface area (Å²) in [6, 6.07) is 6.60. The van der Waals surface area contributed by atoms with Gasteiger partial charge in [-0.1, -0.05) is 12.1 Å². The van der Waals surface area contributed by atoms with E-state index in [1.165, 1.54) is 24.4 Å². The predicted molar refractivity (Wildman–Crippen MR) is 128 cm³/mol. The lowest BCUT2D eigenvalue weighted by Gasteiger charge is -2.48. The number of nitrogens with one attached hydrogen (secondary N) is 1. The van der Waals surface area contributed by atoms with Crippen molar-refractivity contribution in [3.8, 4) is 5.75 Å². The predicted octanol–water partition coefficient (Wildman–Crippen LogP) is 4.51. The topological polar surface area (TPSA) is 105 Å². The minimum atomic E-state index is -4.89. The molecule has 3 aromatic rings. The third kappa shape index (κ3) is 5.28. The molecule has 8 nitrogen and oxygen atoms in total. The van der Waals surface area contributed by atoms with Crippen LogP contribution in [0.2, 0.25) is 0 Å². The Bertz CT molecular complexity index is 1460. The standard InChI is InChI=1S/C25H23F5N4O4S/c26-16-3-1-15(2-4-16)20-13-24(35,25(28,29)30)7-9-34(20)19-6-10-38-21-12-22(18(27)11-17(19)21)39(36,37)33-23-5-8-31-14-32-23/h1-5,8,11-12,14,19-20,35H,6-7,9-10,13H2,(H,31,32,33)/t19?,20-,24-/m0/s1. The monoisotopic (exact) mass is 570 g/mol. The van der Waals surface area contributed by atoms with Crippen LogP contribution >= 0.6 is 0 Å². The van der Waals surface area contributed by atoms with Crippen molar-refractivity contribution in [1.82, 2.24) is 14.9 Å². The smallest absolute Gasteiger partial charge is 0.417 e. The average molecular weight is 571 g/mol. The summed E-state index contributed by atoms with van der Waals surface area (Å²) in [4.78, 5) is 8.46. The van der Waals surface area contributed by atoms with Crippen molar-refractivity contribution in [3.05, 3.63) is 77.8 Å². The summed E-state index contributed by atoms with van der Waals surface area (Å²) in [5, 5.41) is 10.5. The number of benzene rings is 2. The molecule has 2 aliphatic heterocycles. The van der Waals surface area contributed by atoms with Gasteiger partial charge in [0.2, 0.25) is 0 Å². The van der Waals surface area contributed by atoms with Gasteiger partial charge in [0.1, 0.15) is 34.4 Å². The second kappa shape index (κ2) is 9.99. The Morgan fingerprint density at radius 3 is 2.51 bits per heavy atom. The number of rotatable bonds is 5. The quantitative estimate of drug-likeness (QED) is 0.435. The molecule has 0 saturated carbocycles. The maximum absolute atomic E-state index is 15.3. The number of ether oxygens (including phenoxy) is 1. The highest BCUT2D eigenvalue weighted by Crippen LogP contribution is 2.50. The molecule has 1 unspecified atom stereocenters.